The number of nitrogens with zero attached hydrogens (tertiary/aromatic N) is 1. The lowest BCUT2D eigenvalue weighted by Crippen LogP contribution is -2.54. The highest BCUT2D eigenvalue weighted by Crippen LogP contribution is 2.40. The van der Waals surface area contributed by atoms with Crippen LogP contribution in [0.1, 0.15) is 38.2 Å². The minimum Gasteiger partial charge on any atom is -0.354 e. The number of nitrogens with one attached hydrogen (secondary N) is 2. The fraction of sp³-hybridized carbons (Fsp3) is 0.571. The summed E-state index contributed by atoms with van der Waals surface area (Å²) in [6.45, 7) is 4.24. The van der Waals surface area contributed by atoms with Crippen molar-refractivity contribution < 1.29 is 4.79 Å². The number of aromatic nitrogens is 1. The monoisotopic (exact) mass is 245 g/mol. The number of amides is 1. The third-order valence-electron chi connectivity index (χ3n) is 4.32. The molecule has 96 valence electrons. The van der Waals surface area contributed by atoms with E-state index < -0.39 is 5.54 Å². The number of aryl methyl sites for hydroxylation is 1. The predicted molar refractivity (Wildman–Crippen MR) is 71.6 cm³/mol. The Morgan fingerprint density at radius 3 is 2.83 bits per heavy atom. The van der Waals surface area contributed by atoms with Crippen LogP contribution < -0.4 is 10.6 Å². The second kappa shape index (κ2) is 3.97. The molecule has 1 aromatic rings. The van der Waals surface area contributed by atoms with Crippen LogP contribution in [0.2, 0.25) is 0 Å². The molecule has 2 aliphatic rings. The number of fused-ring (bicyclic) bond motifs is 1. The van der Waals surface area contributed by atoms with Gasteiger partial charge in [-0.1, -0.05) is 6.92 Å². The molecule has 2 N–H and O–H groups in total. The molecule has 2 heterocycles. The molecule has 1 fully saturated rings. The van der Waals surface area contributed by atoms with Gasteiger partial charge in [-0.15, -0.1) is 0 Å². The van der Waals surface area contributed by atoms with Crippen molar-refractivity contribution >= 4 is 17.4 Å². The van der Waals surface area contributed by atoms with Crippen molar-refractivity contribution in [1.29, 1.82) is 0 Å². The first-order valence-electron chi connectivity index (χ1n) is 6.66. The Hall–Kier alpha value is -1.58. The van der Waals surface area contributed by atoms with E-state index in [1.165, 1.54) is 0 Å². The lowest BCUT2D eigenvalue weighted by atomic mass is 9.75. The fourth-order valence-electron chi connectivity index (χ4n) is 2.93. The number of hydrogen-bond donors (Lipinski definition) is 2. The maximum Gasteiger partial charge on any atom is 0.250 e. The Labute approximate surface area is 107 Å². The molecule has 0 radical (unpaired) electrons. The van der Waals surface area contributed by atoms with Crippen LogP contribution in [-0.4, -0.2) is 16.4 Å². The van der Waals surface area contributed by atoms with Gasteiger partial charge in [0, 0.05) is 6.20 Å². The largest absolute Gasteiger partial charge is 0.354 e. The van der Waals surface area contributed by atoms with Crippen LogP contribution in [-0.2, 0) is 4.79 Å². The molecule has 3 rings (SSSR count). The van der Waals surface area contributed by atoms with Crippen molar-refractivity contribution in [3.05, 3.63) is 17.8 Å². The van der Waals surface area contributed by atoms with Gasteiger partial charge in [0.05, 0.1) is 5.69 Å². The summed E-state index contributed by atoms with van der Waals surface area (Å²) < 4.78 is 0. The molecule has 1 amide bonds. The molecule has 4 heteroatoms. The van der Waals surface area contributed by atoms with E-state index in [2.05, 4.69) is 22.5 Å². The van der Waals surface area contributed by atoms with E-state index in [4.69, 9.17) is 0 Å². The summed E-state index contributed by atoms with van der Waals surface area (Å²) in [5.41, 5.74) is 1.46. The average Bonchev–Trinajstić information content (AvgIpc) is 2.36. The number of carbonyl (C=O) groups excluding carboxylic acids is 1. The number of carbonyl (C=O) groups is 1. The summed E-state index contributed by atoms with van der Waals surface area (Å²) in [6, 6.07) is 1.92. The summed E-state index contributed by atoms with van der Waals surface area (Å²) in [7, 11) is 0. The van der Waals surface area contributed by atoms with Gasteiger partial charge in [-0.05, 0) is 50.2 Å². The maximum absolute atomic E-state index is 12.4. The van der Waals surface area contributed by atoms with Gasteiger partial charge < -0.3 is 10.6 Å². The van der Waals surface area contributed by atoms with Crippen molar-refractivity contribution in [1.82, 2.24) is 4.98 Å². The summed E-state index contributed by atoms with van der Waals surface area (Å²) in [6.07, 6.45) is 5.78. The molecule has 0 atom stereocenters. The molecular weight excluding hydrogens is 226 g/mol. The zero-order valence-corrected chi connectivity index (χ0v) is 10.9. The molecule has 18 heavy (non-hydrogen) atoms. The van der Waals surface area contributed by atoms with Gasteiger partial charge in [-0.25, -0.2) is 4.98 Å². The van der Waals surface area contributed by atoms with Crippen molar-refractivity contribution in [2.45, 2.75) is 45.1 Å². The van der Waals surface area contributed by atoms with Crippen LogP contribution in [0.5, 0.6) is 0 Å². The number of rotatable bonds is 0. The predicted octanol–water partition coefficient (Wildman–Crippen LogP) is 2.70. The van der Waals surface area contributed by atoms with E-state index in [-0.39, 0.29) is 5.91 Å². The van der Waals surface area contributed by atoms with Crippen LogP contribution in [0.15, 0.2) is 12.3 Å². The number of anilines is 2. The topological polar surface area (TPSA) is 54.0 Å². The quantitative estimate of drug-likeness (QED) is 0.739. The highest BCUT2D eigenvalue weighted by molar-refractivity contribution is 6.06. The molecular formula is C14H19N3O. The van der Waals surface area contributed by atoms with Gasteiger partial charge in [0.2, 0.25) is 5.91 Å². The first kappa shape index (κ1) is 11.5. The lowest BCUT2D eigenvalue weighted by molar-refractivity contribution is -0.121. The second-order valence-corrected chi connectivity index (χ2v) is 5.70. The normalized spacial score (nSPS) is 30.6. The van der Waals surface area contributed by atoms with Gasteiger partial charge >= 0.3 is 0 Å². The third kappa shape index (κ3) is 1.67. The molecule has 0 saturated heterocycles. The smallest absolute Gasteiger partial charge is 0.250 e. The lowest BCUT2D eigenvalue weighted by Gasteiger charge is -2.42. The molecule has 1 saturated carbocycles. The Bertz CT molecular complexity index is 490. The summed E-state index contributed by atoms with van der Waals surface area (Å²) >= 11 is 0. The minimum atomic E-state index is -0.430. The van der Waals surface area contributed by atoms with Crippen LogP contribution >= 0.6 is 0 Å². The third-order valence-corrected chi connectivity index (χ3v) is 4.32. The first-order chi connectivity index (χ1) is 8.61. The Kier molecular flexibility index (Phi) is 2.54. The van der Waals surface area contributed by atoms with E-state index in [1.807, 2.05) is 13.0 Å². The van der Waals surface area contributed by atoms with E-state index >= 15 is 0 Å². The van der Waals surface area contributed by atoms with Crippen LogP contribution in [0, 0.1) is 12.8 Å². The van der Waals surface area contributed by atoms with Crippen molar-refractivity contribution in [2.24, 2.45) is 5.92 Å². The highest BCUT2D eigenvalue weighted by atomic mass is 16.2. The fourth-order valence-corrected chi connectivity index (χ4v) is 2.93. The van der Waals surface area contributed by atoms with Gasteiger partial charge in [0.1, 0.15) is 5.54 Å². The van der Waals surface area contributed by atoms with Gasteiger partial charge in [0.15, 0.2) is 5.82 Å². The van der Waals surface area contributed by atoms with Crippen LogP contribution in [0.3, 0.4) is 0 Å². The Morgan fingerprint density at radius 1 is 1.39 bits per heavy atom. The number of hydrogen-bond acceptors (Lipinski definition) is 3. The molecule has 1 aromatic heterocycles. The van der Waals surface area contributed by atoms with Crippen molar-refractivity contribution in [3.63, 3.8) is 0 Å². The molecule has 1 spiro atoms. The van der Waals surface area contributed by atoms with E-state index in [1.54, 1.807) is 6.20 Å². The summed E-state index contributed by atoms with van der Waals surface area (Å²) in [5, 5.41) is 6.44. The number of pyridine rings is 1. The van der Waals surface area contributed by atoms with E-state index in [0.717, 1.165) is 48.7 Å². The van der Waals surface area contributed by atoms with Crippen LogP contribution in [0.25, 0.3) is 0 Å². The highest BCUT2D eigenvalue weighted by Gasteiger charge is 2.44. The zero-order chi connectivity index (χ0) is 12.8. The SMILES string of the molecule is Cc1ccnc2c1NC(=O)C1(CCC(C)CC1)N2. The van der Waals surface area contributed by atoms with Gasteiger partial charge in [-0.2, -0.15) is 0 Å². The standard InChI is InChI=1S/C14H19N3O/c1-9-3-6-14(7-4-9)13(18)16-11-10(2)5-8-15-12(11)17-14/h5,8-9H,3-4,6-7H2,1-2H3,(H,15,17)(H,16,18). The second-order valence-electron chi connectivity index (χ2n) is 5.70. The molecule has 1 aliphatic heterocycles. The average molecular weight is 245 g/mol. The van der Waals surface area contributed by atoms with Gasteiger partial charge in [-0.3, -0.25) is 4.79 Å². The van der Waals surface area contributed by atoms with Gasteiger partial charge in [0.25, 0.3) is 0 Å². The van der Waals surface area contributed by atoms with Crippen molar-refractivity contribution in [3.8, 4) is 0 Å². The Morgan fingerprint density at radius 2 is 2.11 bits per heavy atom. The van der Waals surface area contributed by atoms with E-state index in [0.29, 0.717) is 0 Å². The van der Waals surface area contributed by atoms with Crippen molar-refractivity contribution in [2.75, 3.05) is 10.6 Å². The molecule has 1 aliphatic carbocycles. The Balaban J connectivity index is 1.95. The van der Waals surface area contributed by atoms with Crippen LogP contribution in [0.4, 0.5) is 11.5 Å². The van der Waals surface area contributed by atoms with E-state index in [9.17, 15) is 4.79 Å². The summed E-state index contributed by atoms with van der Waals surface area (Å²) in [5.74, 6) is 1.65. The maximum atomic E-state index is 12.4. The minimum absolute atomic E-state index is 0.109. The molecule has 4 nitrogen and oxygen atoms in total. The first-order valence-corrected chi connectivity index (χ1v) is 6.66. The molecule has 0 bridgehead atoms. The zero-order valence-electron chi connectivity index (χ0n) is 10.9. The molecule has 0 unspecified atom stereocenters. The molecule has 0 aromatic carbocycles. The summed E-state index contributed by atoms with van der Waals surface area (Å²) in [4.78, 5) is 16.7.